The molecule has 0 fully saturated rings. The average molecular weight is 257 g/mol. The average Bonchev–Trinajstić information content (AvgIpc) is 2.38. The molecule has 98 valence electrons. The Morgan fingerprint density at radius 2 is 2.00 bits per heavy atom. The third kappa shape index (κ3) is 3.69. The van der Waals surface area contributed by atoms with E-state index < -0.39 is 0 Å². The van der Waals surface area contributed by atoms with Crippen LogP contribution in [0.5, 0.6) is 0 Å². The fourth-order valence-corrected chi connectivity index (χ4v) is 1.96. The topological polar surface area (TPSA) is 56.3 Å². The zero-order valence-corrected chi connectivity index (χ0v) is 10.8. The molecule has 0 aliphatic heterocycles. The van der Waals surface area contributed by atoms with Gasteiger partial charge in [0.25, 0.3) is 0 Å². The van der Waals surface area contributed by atoms with Crippen molar-refractivity contribution in [2.75, 3.05) is 13.7 Å². The van der Waals surface area contributed by atoms with Crippen molar-refractivity contribution < 1.29 is 14.3 Å². The SMILES string of the molecule is COCC(=O)CC(=O)Cc1ccc2cnccc2c1. The molecule has 4 heteroatoms. The van der Waals surface area contributed by atoms with Crippen LogP contribution in [-0.4, -0.2) is 30.3 Å². The molecule has 0 aliphatic rings. The number of Topliss-reactive ketones (excluding diaryl/α,β-unsaturated/α-hetero) is 2. The van der Waals surface area contributed by atoms with Crippen LogP contribution in [0.3, 0.4) is 0 Å². The fraction of sp³-hybridized carbons (Fsp3) is 0.267. The first-order valence-corrected chi connectivity index (χ1v) is 6.04. The number of carbonyl (C=O) groups is 2. The second kappa shape index (κ2) is 6.20. The molecule has 0 spiro atoms. The number of methoxy groups -OCH3 is 1. The quantitative estimate of drug-likeness (QED) is 0.742. The molecule has 2 rings (SSSR count). The standard InChI is InChI=1S/C15H15NO3/c1-19-10-15(18)8-14(17)7-11-2-3-13-9-16-5-4-12(13)6-11/h2-6,9H,7-8,10H2,1H3. The second-order valence-corrected chi connectivity index (χ2v) is 4.42. The molecule has 0 aliphatic carbocycles. The van der Waals surface area contributed by atoms with Gasteiger partial charge in [0.05, 0.1) is 6.42 Å². The number of rotatable bonds is 6. The first-order chi connectivity index (χ1) is 9.19. The van der Waals surface area contributed by atoms with E-state index in [1.807, 2.05) is 24.3 Å². The number of aromatic nitrogens is 1. The van der Waals surface area contributed by atoms with Crippen molar-refractivity contribution in [1.29, 1.82) is 0 Å². The lowest BCUT2D eigenvalue weighted by Crippen LogP contribution is -2.14. The summed E-state index contributed by atoms with van der Waals surface area (Å²) < 4.78 is 4.70. The lowest BCUT2D eigenvalue weighted by atomic mass is 10.0. The van der Waals surface area contributed by atoms with Crippen molar-refractivity contribution in [2.24, 2.45) is 0 Å². The van der Waals surface area contributed by atoms with Gasteiger partial charge in [-0.1, -0.05) is 18.2 Å². The second-order valence-electron chi connectivity index (χ2n) is 4.42. The summed E-state index contributed by atoms with van der Waals surface area (Å²) in [4.78, 5) is 27.1. The van der Waals surface area contributed by atoms with E-state index in [0.29, 0.717) is 0 Å². The van der Waals surface area contributed by atoms with Crippen molar-refractivity contribution in [2.45, 2.75) is 12.8 Å². The largest absolute Gasteiger partial charge is 0.377 e. The number of benzene rings is 1. The summed E-state index contributed by atoms with van der Waals surface area (Å²) in [6.07, 6.45) is 3.70. The zero-order chi connectivity index (χ0) is 13.7. The third-order valence-electron chi connectivity index (χ3n) is 2.81. The molecular formula is C15H15NO3. The predicted molar refractivity (Wildman–Crippen MR) is 72.0 cm³/mol. The molecule has 0 N–H and O–H groups in total. The number of fused-ring (bicyclic) bond motifs is 1. The highest BCUT2D eigenvalue weighted by atomic mass is 16.5. The molecule has 0 unspecified atom stereocenters. The summed E-state index contributed by atoms with van der Waals surface area (Å²) in [6, 6.07) is 7.68. The van der Waals surface area contributed by atoms with Crippen LogP contribution < -0.4 is 0 Å². The van der Waals surface area contributed by atoms with Gasteiger partial charge in [-0.25, -0.2) is 0 Å². The van der Waals surface area contributed by atoms with Gasteiger partial charge in [-0.15, -0.1) is 0 Å². The summed E-state index contributed by atoms with van der Waals surface area (Å²) in [5.41, 5.74) is 0.911. The Labute approximate surface area is 111 Å². The maximum atomic E-state index is 11.7. The zero-order valence-electron chi connectivity index (χ0n) is 10.8. The summed E-state index contributed by atoms with van der Waals surface area (Å²) in [5, 5.41) is 2.08. The molecule has 4 nitrogen and oxygen atoms in total. The van der Waals surface area contributed by atoms with E-state index in [2.05, 4.69) is 4.98 Å². The van der Waals surface area contributed by atoms with Crippen LogP contribution in [0.25, 0.3) is 10.8 Å². The van der Waals surface area contributed by atoms with Crippen LogP contribution in [-0.2, 0) is 20.7 Å². The fourth-order valence-electron chi connectivity index (χ4n) is 1.96. The van der Waals surface area contributed by atoms with E-state index in [9.17, 15) is 9.59 Å². The Hall–Kier alpha value is -2.07. The first-order valence-electron chi connectivity index (χ1n) is 6.04. The Bertz CT molecular complexity index is 607. The van der Waals surface area contributed by atoms with Crippen LogP contribution in [0, 0.1) is 0 Å². The molecule has 1 heterocycles. The molecule has 0 amide bonds. The van der Waals surface area contributed by atoms with Gasteiger partial charge in [0.1, 0.15) is 12.4 Å². The Balaban J connectivity index is 2.04. The van der Waals surface area contributed by atoms with Crippen LogP contribution >= 0.6 is 0 Å². The summed E-state index contributed by atoms with van der Waals surface area (Å²) >= 11 is 0. The van der Waals surface area contributed by atoms with E-state index in [1.165, 1.54) is 7.11 Å². The molecule has 0 saturated heterocycles. The van der Waals surface area contributed by atoms with Crippen molar-refractivity contribution >= 4 is 22.3 Å². The lowest BCUT2D eigenvalue weighted by Gasteiger charge is -2.03. The van der Waals surface area contributed by atoms with Crippen molar-refractivity contribution in [3.8, 4) is 0 Å². The molecule has 0 bridgehead atoms. The van der Waals surface area contributed by atoms with Gasteiger partial charge in [0.15, 0.2) is 5.78 Å². The first kappa shape index (κ1) is 13.4. The molecular weight excluding hydrogens is 242 g/mol. The lowest BCUT2D eigenvalue weighted by molar-refractivity contribution is -0.128. The molecule has 19 heavy (non-hydrogen) atoms. The number of carbonyl (C=O) groups excluding carboxylic acids is 2. The maximum Gasteiger partial charge on any atom is 0.165 e. The van der Waals surface area contributed by atoms with Crippen LogP contribution in [0.2, 0.25) is 0 Å². The van der Waals surface area contributed by atoms with Gasteiger partial charge in [0.2, 0.25) is 0 Å². The number of ether oxygens (including phenoxy) is 1. The number of hydrogen-bond donors (Lipinski definition) is 0. The highest BCUT2D eigenvalue weighted by molar-refractivity contribution is 6.00. The number of nitrogens with zero attached hydrogens (tertiary/aromatic N) is 1. The summed E-state index contributed by atoms with van der Waals surface area (Å²) in [7, 11) is 1.44. The maximum absolute atomic E-state index is 11.7. The normalized spacial score (nSPS) is 10.6. The van der Waals surface area contributed by atoms with Crippen molar-refractivity contribution in [3.05, 3.63) is 42.2 Å². The molecule has 1 aromatic heterocycles. The molecule has 0 radical (unpaired) electrons. The smallest absolute Gasteiger partial charge is 0.165 e. The van der Waals surface area contributed by atoms with Crippen molar-refractivity contribution in [3.63, 3.8) is 0 Å². The number of ketones is 2. The molecule has 0 atom stereocenters. The van der Waals surface area contributed by atoms with Gasteiger partial charge in [-0.3, -0.25) is 14.6 Å². The van der Waals surface area contributed by atoms with Gasteiger partial charge < -0.3 is 4.74 Å². The van der Waals surface area contributed by atoms with Gasteiger partial charge in [-0.2, -0.15) is 0 Å². The van der Waals surface area contributed by atoms with E-state index in [0.717, 1.165) is 16.3 Å². The Morgan fingerprint density at radius 3 is 2.79 bits per heavy atom. The minimum Gasteiger partial charge on any atom is -0.377 e. The van der Waals surface area contributed by atoms with Crippen molar-refractivity contribution in [1.82, 2.24) is 4.98 Å². The summed E-state index contributed by atoms with van der Waals surface area (Å²) in [6.45, 7) is -0.00483. The van der Waals surface area contributed by atoms with Crippen LogP contribution in [0.4, 0.5) is 0 Å². The summed E-state index contributed by atoms with van der Waals surface area (Å²) in [5.74, 6) is -0.270. The molecule has 1 aromatic carbocycles. The Morgan fingerprint density at radius 1 is 1.16 bits per heavy atom. The molecule has 0 saturated carbocycles. The highest BCUT2D eigenvalue weighted by Gasteiger charge is 2.10. The van der Waals surface area contributed by atoms with Gasteiger partial charge in [-0.05, 0) is 17.0 Å². The van der Waals surface area contributed by atoms with Crippen LogP contribution in [0.1, 0.15) is 12.0 Å². The van der Waals surface area contributed by atoms with E-state index in [-0.39, 0.29) is 31.0 Å². The van der Waals surface area contributed by atoms with E-state index in [4.69, 9.17) is 4.74 Å². The van der Waals surface area contributed by atoms with Crippen LogP contribution in [0.15, 0.2) is 36.7 Å². The Kier molecular flexibility index (Phi) is 4.36. The monoisotopic (exact) mass is 257 g/mol. The number of hydrogen-bond acceptors (Lipinski definition) is 4. The molecule has 2 aromatic rings. The third-order valence-corrected chi connectivity index (χ3v) is 2.81. The minimum atomic E-state index is -0.183. The van der Waals surface area contributed by atoms with E-state index >= 15 is 0 Å². The minimum absolute atomic E-state index is 0.00483. The van der Waals surface area contributed by atoms with E-state index in [1.54, 1.807) is 12.4 Å². The predicted octanol–water partition coefficient (Wildman–Crippen LogP) is 1.95. The van der Waals surface area contributed by atoms with Gasteiger partial charge >= 0.3 is 0 Å². The number of pyridine rings is 1. The highest BCUT2D eigenvalue weighted by Crippen LogP contribution is 2.15. The van der Waals surface area contributed by atoms with Gasteiger partial charge in [0, 0.05) is 31.3 Å².